The molecule has 25 heavy (non-hydrogen) atoms. The second-order valence-corrected chi connectivity index (χ2v) is 6.00. The van der Waals surface area contributed by atoms with Gasteiger partial charge in [0, 0.05) is 29.8 Å². The molecule has 2 aromatic heterocycles. The number of aromatic nitrogens is 3. The van der Waals surface area contributed by atoms with E-state index in [9.17, 15) is 9.18 Å². The third-order valence-corrected chi connectivity index (χ3v) is 4.42. The Bertz CT molecular complexity index is 930. The summed E-state index contributed by atoms with van der Waals surface area (Å²) < 4.78 is 18.9. The van der Waals surface area contributed by atoms with Gasteiger partial charge < -0.3 is 14.6 Å². The molecule has 1 aromatic carbocycles. The van der Waals surface area contributed by atoms with Crippen LogP contribution in [0.2, 0.25) is 0 Å². The quantitative estimate of drug-likeness (QED) is 0.778. The number of nitrogens with zero attached hydrogens (tertiary/aromatic N) is 3. The second-order valence-electron chi connectivity index (χ2n) is 6.00. The molecule has 1 N–H and O–H groups in total. The summed E-state index contributed by atoms with van der Waals surface area (Å²) in [6.45, 7) is 4.06. The molecule has 1 fully saturated rings. The minimum absolute atomic E-state index is 0.000891. The standard InChI is InChI=1S/C18H17FN4O2/c1-11-14(19)10-20-17-15(11)21-16(22-17)12-2-4-13(5-3-12)18(24)23-6-8-25-9-7-23/h2-5,10H,6-9H2,1H3,(H,20,21,22). The third kappa shape index (κ3) is 2.87. The van der Waals surface area contributed by atoms with E-state index in [4.69, 9.17) is 4.74 Å². The van der Waals surface area contributed by atoms with E-state index in [0.717, 1.165) is 5.56 Å². The Hall–Kier alpha value is -2.80. The van der Waals surface area contributed by atoms with Crippen molar-refractivity contribution in [3.8, 4) is 11.4 Å². The first-order chi connectivity index (χ1) is 12.1. The van der Waals surface area contributed by atoms with Crippen LogP contribution in [0, 0.1) is 12.7 Å². The van der Waals surface area contributed by atoms with Gasteiger partial charge in [0.1, 0.15) is 11.6 Å². The van der Waals surface area contributed by atoms with Gasteiger partial charge in [0.15, 0.2) is 5.65 Å². The molecule has 128 valence electrons. The van der Waals surface area contributed by atoms with Crippen LogP contribution in [0.4, 0.5) is 4.39 Å². The number of carbonyl (C=O) groups excluding carboxylic acids is 1. The van der Waals surface area contributed by atoms with E-state index in [0.29, 0.717) is 54.4 Å². The van der Waals surface area contributed by atoms with Crippen LogP contribution in [0.3, 0.4) is 0 Å². The molecule has 1 amide bonds. The van der Waals surface area contributed by atoms with Crippen LogP contribution in [0.5, 0.6) is 0 Å². The van der Waals surface area contributed by atoms with Crippen LogP contribution in [0.15, 0.2) is 30.5 Å². The Morgan fingerprint density at radius 2 is 1.96 bits per heavy atom. The molecule has 0 spiro atoms. The van der Waals surface area contributed by atoms with Crippen molar-refractivity contribution in [2.24, 2.45) is 0 Å². The fourth-order valence-electron chi connectivity index (χ4n) is 2.91. The highest BCUT2D eigenvalue weighted by Crippen LogP contribution is 2.23. The lowest BCUT2D eigenvalue weighted by Gasteiger charge is -2.26. The Kier molecular flexibility index (Phi) is 3.93. The number of hydrogen-bond donors (Lipinski definition) is 1. The van der Waals surface area contributed by atoms with Gasteiger partial charge in [0.25, 0.3) is 5.91 Å². The molecule has 1 aliphatic heterocycles. The molecule has 7 heteroatoms. The predicted octanol–water partition coefficient (Wildman–Crippen LogP) is 2.54. The lowest BCUT2D eigenvalue weighted by molar-refractivity contribution is 0.0303. The van der Waals surface area contributed by atoms with Gasteiger partial charge in [-0.2, -0.15) is 0 Å². The number of H-pyrrole nitrogens is 1. The number of ether oxygens (including phenoxy) is 1. The van der Waals surface area contributed by atoms with E-state index in [1.807, 2.05) is 12.1 Å². The maximum absolute atomic E-state index is 13.6. The molecule has 0 saturated carbocycles. The molecule has 6 nitrogen and oxygen atoms in total. The first kappa shape index (κ1) is 15.7. The average Bonchev–Trinajstić information content (AvgIpc) is 3.10. The van der Waals surface area contributed by atoms with Crippen LogP contribution in [-0.2, 0) is 4.74 Å². The lowest BCUT2D eigenvalue weighted by Crippen LogP contribution is -2.40. The fourth-order valence-corrected chi connectivity index (χ4v) is 2.91. The Morgan fingerprint density at radius 1 is 1.24 bits per heavy atom. The van der Waals surface area contributed by atoms with Gasteiger partial charge in [0.05, 0.1) is 24.9 Å². The number of amides is 1. The molecule has 0 unspecified atom stereocenters. The molecule has 3 aromatic rings. The zero-order chi connectivity index (χ0) is 17.4. The van der Waals surface area contributed by atoms with Crippen LogP contribution in [0.25, 0.3) is 22.6 Å². The largest absolute Gasteiger partial charge is 0.378 e. The maximum Gasteiger partial charge on any atom is 0.254 e. The van der Waals surface area contributed by atoms with E-state index >= 15 is 0 Å². The van der Waals surface area contributed by atoms with Gasteiger partial charge in [-0.25, -0.2) is 14.4 Å². The van der Waals surface area contributed by atoms with Gasteiger partial charge in [-0.1, -0.05) is 12.1 Å². The van der Waals surface area contributed by atoms with Gasteiger partial charge in [-0.15, -0.1) is 0 Å². The monoisotopic (exact) mass is 340 g/mol. The normalized spacial score (nSPS) is 14.9. The number of rotatable bonds is 2. The molecular formula is C18H17FN4O2. The molecule has 4 rings (SSSR count). The number of fused-ring (bicyclic) bond motifs is 1. The summed E-state index contributed by atoms with van der Waals surface area (Å²) in [5.74, 6) is 0.231. The summed E-state index contributed by atoms with van der Waals surface area (Å²) in [4.78, 5) is 25.8. The van der Waals surface area contributed by atoms with Crippen molar-refractivity contribution in [2.75, 3.05) is 26.3 Å². The molecule has 0 bridgehead atoms. The highest BCUT2D eigenvalue weighted by Gasteiger charge is 2.18. The SMILES string of the molecule is Cc1c(F)cnc2nc(-c3ccc(C(=O)N4CCOCC4)cc3)[nH]c12. The van der Waals surface area contributed by atoms with Crippen LogP contribution in [0.1, 0.15) is 15.9 Å². The molecule has 1 aliphatic rings. The van der Waals surface area contributed by atoms with Crippen LogP contribution in [-0.4, -0.2) is 52.1 Å². The van der Waals surface area contributed by atoms with Gasteiger partial charge in [0.2, 0.25) is 0 Å². The van der Waals surface area contributed by atoms with Crippen LogP contribution >= 0.6 is 0 Å². The van der Waals surface area contributed by atoms with Crippen molar-refractivity contribution in [3.63, 3.8) is 0 Å². The highest BCUT2D eigenvalue weighted by atomic mass is 19.1. The number of morpholine rings is 1. The smallest absolute Gasteiger partial charge is 0.254 e. The lowest BCUT2D eigenvalue weighted by atomic mass is 10.1. The van der Waals surface area contributed by atoms with Crippen molar-refractivity contribution in [1.29, 1.82) is 0 Å². The molecule has 3 heterocycles. The van der Waals surface area contributed by atoms with Gasteiger partial charge in [-0.05, 0) is 19.1 Å². The molecule has 0 radical (unpaired) electrons. The number of aromatic amines is 1. The predicted molar refractivity (Wildman–Crippen MR) is 90.7 cm³/mol. The van der Waals surface area contributed by atoms with E-state index in [-0.39, 0.29) is 11.7 Å². The summed E-state index contributed by atoms with van der Waals surface area (Å²) in [5.41, 5.74) is 2.99. The first-order valence-corrected chi connectivity index (χ1v) is 8.12. The molecular weight excluding hydrogens is 323 g/mol. The summed E-state index contributed by atoms with van der Waals surface area (Å²) in [5, 5.41) is 0. The van der Waals surface area contributed by atoms with Crippen molar-refractivity contribution >= 4 is 17.1 Å². The zero-order valence-electron chi connectivity index (χ0n) is 13.8. The number of benzene rings is 1. The zero-order valence-corrected chi connectivity index (χ0v) is 13.8. The number of nitrogens with one attached hydrogen (secondary N) is 1. The number of imidazole rings is 1. The van der Waals surface area contributed by atoms with Crippen molar-refractivity contribution < 1.29 is 13.9 Å². The van der Waals surface area contributed by atoms with E-state index in [1.54, 1.807) is 24.0 Å². The van der Waals surface area contributed by atoms with Crippen molar-refractivity contribution in [1.82, 2.24) is 19.9 Å². The van der Waals surface area contributed by atoms with Gasteiger partial charge >= 0.3 is 0 Å². The Balaban J connectivity index is 1.61. The number of carbonyl (C=O) groups is 1. The van der Waals surface area contributed by atoms with E-state index in [1.165, 1.54) is 6.20 Å². The summed E-state index contributed by atoms with van der Waals surface area (Å²) in [7, 11) is 0. The topological polar surface area (TPSA) is 71.1 Å². The number of hydrogen-bond acceptors (Lipinski definition) is 4. The highest BCUT2D eigenvalue weighted by molar-refractivity contribution is 5.94. The summed E-state index contributed by atoms with van der Waals surface area (Å²) >= 11 is 0. The number of aryl methyl sites for hydroxylation is 1. The first-order valence-electron chi connectivity index (χ1n) is 8.12. The van der Waals surface area contributed by atoms with Crippen molar-refractivity contribution in [3.05, 3.63) is 47.4 Å². The van der Waals surface area contributed by atoms with E-state index in [2.05, 4.69) is 15.0 Å². The average molecular weight is 340 g/mol. The minimum Gasteiger partial charge on any atom is -0.378 e. The maximum atomic E-state index is 13.6. The molecule has 0 atom stereocenters. The minimum atomic E-state index is -0.367. The van der Waals surface area contributed by atoms with Crippen molar-refractivity contribution in [2.45, 2.75) is 6.92 Å². The molecule has 0 aliphatic carbocycles. The molecule has 1 saturated heterocycles. The summed E-state index contributed by atoms with van der Waals surface area (Å²) in [6, 6.07) is 7.22. The summed E-state index contributed by atoms with van der Waals surface area (Å²) in [6.07, 6.45) is 1.17. The third-order valence-electron chi connectivity index (χ3n) is 4.42. The number of halogens is 1. The van der Waals surface area contributed by atoms with E-state index < -0.39 is 0 Å². The number of pyridine rings is 1. The second kappa shape index (κ2) is 6.25. The fraction of sp³-hybridized carbons (Fsp3) is 0.278. The Morgan fingerprint density at radius 3 is 2.68 bits per heavy atom. The van der Waals surface area contributed by atoms with Gasteiger partial charge in [-0.3, -0.25) is 4.79 Å². The Labute approximate surface area is 143 Å². The van der Waals surface area contributed by atoms with Crippen LogP contribution < -0.4 is 0 Å².